The van der Waals surface area contributed by atoms with Crippen molar-refractivity contribution in [1.82, 2.24) is 5.32 Å². The average Bonchev–Trinajstić information content (AvgIpc) is 1.99. The molecule has 88 valence electrons. The standard InChI is InChI=1S/C10H21N3O2/c1-10(2,12)7-9(15)13-6-4-3-5-8(11)14/h3-7,12H2,1-2H3,(H2,11,14)(H,13,15). The highest BCUT2D eigenvalue weighted by atomic mass is 16.1. The van der Waals surface area contributed by atoms with E-state index in [0.29, 0.717) is 25.8 Å². The van der Waals surface area contributed by atoms with Crippen LogP contribution in [0.2, 0.25) is 0 Å². The lowest BCUT2D eigenvalue weighted by Gasteiger charge is -2.17. The molecule has 0 unspecified atom stereocenters. The topological polar surface area (TPSA) is 98.2 Å². The molecule has 0 aromatic rings. The van der Waals surface area contributed by atoms with Gasteiger partial charge in [-0.05, 0) is 26.7 Å². The van der Waals surface area contributed by atoms with E-state index in [1.165, 1.54) is 0 Å². The molecular formula is C10H21N3O2. The van der Waals surface area contributed by atoms with Crippen LogP contribution in [0.3, 0.4) is 0 Å². The van der Waals surface area contributed by atoms with Crippen LogP contribution in [0.4, 0.5) is 0 Å². The number of primary amides is 1. The number of hydrogen-bond acceptors (Lipinski definition) is 3. The zero-order chi connectivity index (χ0) is 11.9. The molecule has 0 aliphatic heterocycles. The van der Waals surface area contributed by atoms with E-state index in [1.54, 1.807) is 13.8 Å². The number of unbranched alkanes of at least 4 members (excludes halogenated alkanes) is 1. The van der Waals surface area contributed by atoms with E-state index < -0.39 is 5.54 Å². The average molecular weight is 215 g/mol. The molecule has 0 rings (SSSR count). The number of carbonyl (C=O) groups is 2. The number of amides is 2. The van der Waals surface area contributed by atoms with Crippen molar-refractivity contribution in [3.05, 3.63) is 0 Å². The van der Waals surface area contributed by atoms with Gasteiger partial charge in [0, 0.05) is 24.9 Å². The number of nitrogens with two attached hydrogens (primary N) is 2. The molecule has 0 fully saturated rings. The lowest BCUT2D eigenvalue weighted by molar-refractivity contribution is -0.122. The smallest absolute Gasteiger partial charge is 0.221 e. The van der Waals surface area contributed by atoms with E-state index in [0.717, 1.165) is 6.42 Å². The maximum atomic E-state index is 11.3. The van der Waals surface area contributed by atoms with Crippen molar-refractivity contribution < 1.29 is 9.59 Å². The van der Waals surface area contributed by atoms with Crippen molar-refractivity contribution in [3.63, 3.8) is 0 Å². The monoisotopic (exact) mass is 215 g/mol. The van der Waals surface area contributed by atoms with Crippen molar-refractivity contribution in [1.29, 1.82) is 0 Å². The lowest BCUT2D eigenvalue weighted by atomic mass is 10.0. The molecule has 0 atom stereocenters. The first-order chi connectivity index (χ1) is 6.81. The quantitative estimate of drug-likeness (QED) is 0.516. The van der Waals surface area contributed by atoms with E-state index in [1.807, 2.05) is 0 Å². The SMILES string of the molecule is CC(C)(N)CC(=O)NCCCCC(N)=O. The van der Waals surface area contributed by atoms with Gasteiger partial charge in [-0.2, -0.15) is 0 Å². The van der Waals surface area contributed by atoms with Crippen LogP contribution in [0.15, 0.2) is 0 Å². The Labute approximate surface area is 90.6 Å². The lowest BCUT2D eigenvalue weighted by Crippen LogP contribution is -2.39. The molecule has 0 heterocycles. The number of carbonyl (C=O) groups excluding carboxylic acids is 2. The zero-order valence-electron chi connectivity index (χ0n) is 9.51. The Balaban J connectivity index is 3.44. The van der Waals surface area contributed by atoms with Crippen LogP contribution in [0.25, 0.3) is 0 Å². The normalized spacial score (nSPS) is 11.1. The van der Waals surface area contributed by atoms with Crippen LogP contribution in [-0.4, -0.2) is 23.9 Å². The first kappa shape index (κ1) is 13.9. The van der Waals surface area contributed by atoms with Gasteiger partial charge in [-0.15, -0.1) is 0 Å². The van der Waals surface area contributed by atoms with Crippen molar-refractivity contribution >= 4 is 11.8 Å². The highest BCUT2D eigenvalue weighted by Crippen LogP contribution is 2.02. The summed E-state index contributed by atoms with van der Waals surface area (Å²) in [6.45, 7) is 4.18. The van der Waals surface area contributed by atoms with Crippen LogP contribution in [-0.2, 0) is 9.59 Å². The summed E-state index contributed by atoms with van der Waals surface area (Å²) in [5, 5.41) is 2.74. The summed E-state index contributed by atoms with van der Waals surface area (Å²) in [4.78, 5) is 21.7. The summed E-state index contributed by atoms with van der Waals surface area (Å²) in [7, 11) is 0. The van der Waals surface area contributed by atoms with Crippen LogP contribution in [0, 0.1) is 0 Å². The van der Waals surface area contributed by atoms with Gasteiger partial charge in [0.15, 0.2) is 0 Å². The Bertz CT molecular complexity index is 221. The molecule has 0 aliphatic rings. The number of rotatable bonds is 7. The van der Waals surface area contributed by atoms with E-state index in [9.17, 15) is 9.59 Å². The fourth-order valence-corrected chi connectivity index (χ4v) is 1.13. The van der Waals surface area contributed by atoms with Gasteiger partial charge in [-0.1, -0.05) is 0 Å². The summed E-state index contributed by atoms with van der Waals surface area (Å²) in [5.41, 5.74) is 10.2. The number of nitrogens with one attached hydrogen (secondary N) is 1. The highest BCUT2D eigenvalue weighted by Gasteiger charge is 2.15. The molecule has 0 radical (unpaired) electrons. The Morgan fingerprint density at radius 3 is 2.33 bits per heavy atom. The molecule has 0 spiro atoms. The zero-order valence-corrected chi connectivity index (χ0v) is 9.51. The highest BCUT2D eigenvalue weighted by molar-refractivity contribution is 5.77. The van der Waals surface area contributed by atoms with Gasteiger partial charge in [-0.3, -0.25) is 9.59 Å². The molecule has 15 heavy (non-hydrogen) atoms. The summed E-state index contributed by atoms with van der Waals surface area (Å²) < 4.78 is 0. The Morgan fingerprint density at radius 2 is 1.87 bits per heavy atom. The van der Waals surface area contributed by atoms with Crippen LogP contribution < -0.4 is 16.8 Å². The second kappa shape index (κ2) is 6.40. The minimum atomic E-state index is -0.475. The maximum absolute atomic E-state index is 11.3. The largest absolute Gasteiger partial charge is 0.370 e. The second-order valence-corrected chi connectivity index (χ2v) is 4.44. The van der Waals surface area contributed by atoms with Crippen LogP contribution in [0.1, 0.15) is 39.5 Å². The van der Waals surface area contributed by atoms with Crippen molar-refractivity contribution in [2.75, 3.05) is 6.54 Å². The minimum Gasteiger partial charge on any atom is -0.370 e. The van der Waals surface area contributed by atoms with Gasteiger partial charge in [0.25, 0.3) is 0 Å². The fraction of sp³-hybridized carbons (Fsp3) is 0.800. The maximum Gasteiger partial charge on any atom is 0.221 e. The first-order valence-electron chi connectivity index (χ1n) is 5.15. The van der Waals surface area contributed by atoms with Gasteiger partial charge in [0.1, 0.15) is 0 Å². The second-order valence-electron chi connectivity index (χ2n) is 4.44. The van der Waals surface area contributed by atoms with Crippen molar-refractivity contribution in [2.45, 2.75) is 45.1 Å². The van der Waals surface area contributed by atoms with E-state index in [2.05, 4.69) is 5.32 Å². The molecule has 0 aromatic heterocycles. The van der Waals surface area contributed by atoms with E-state index in [-0.39, 0.29) is 11.8 Å². The van der Waals surface area contributed by atoms with E-state index in [4.69, 9.17) is 11.5 Å². The molecule has 0 bridgehead atoms. The summed E-state index contributed by atoms with van der Waals surface area (Å²) in [6.07, 6.45) is 2.16. The Hall–Kier alpha value is -1.10. The first-order valence-corrected chi connectivity index (χ1v) is 5.15. The summed E-state index contributed by atoms with van der Waals surface area (Å²) >= 11 is 0. The van der Waals surface area contributed by atoms with Crippen LogP contribution >= 0.6 is 0 Å². The van der Waals surface area contributed by atoms with Gasteiger partial charge >= 0.3 is 0 Å². The predicted octanol–water partition coefficient (Wildman–Crippen LogP) is -0.114. The van der Waals surface area contributed by atoms with E-state index >= 15 is 0 Å². The Kier molecular flexibility index (Phi) is 5.93. The van der Waals surface area contributed by atoms with Crippen molar-refractivity contribution in [2.24, 2.45) is 11.5 Å². The molecule has 2 amide bonds. The molecule has 5 N–H and O–H groups in total. The molecule has 0 aliphatic carbocycles. The van der Waals surface area contributed by atoms with Gasteiger partial charge < -0.3 is 16.8 Å². The third-order valence-electron chi connectivity index (χ3n) is 1.79. The van der Waals surface area contributed by atoms with Crippen molar-refractivity contribution in [3.8, 4) is 0 Å². The third kappa shape index (κ3) is 10.8. The number of hydrogen-bond donors (Lipinski definition) is 3. The fourth-order valence-electron chi connectivity index (χ4n) is 1.13. The molecule has 5 heteroatoms. The molecule has 0 saturated carbocycles. The third-order valence-corrected chi connectivity index (χ3v) is 1.79. The van der Waals surface area contributed by atoms with Crippen LogP contribution in [0.5, 0.6) is 0 Å². The summed E-state index contributed by atoms with van der Waals surface area (Å²) in [6, 6.07) is 0. The minimum absolute atomic E-state index is 0.0541. The molecular weight excluding hydrogens is 194 g/mol. The Morgan fingerprint density at radius 1 is 1.27 bits per heavy atom. The molecule has 5 nitrogen and oxygen atoms in total. The van der Waals surface area contributed by atoms with Gasteiger partial charge in [-0.25, -0.2) is 0 Å². The molecule has 0 aromatic carbocycles. The molecule has 0 saturated heterocycles. The van der Waals surface area contributed by atoms with Gasteiger partial charge in [0.05, 0.1) is 0 Å². The summed E-state index contributed by atoms with van der Waals surface area (Å²) in [5.74, 6) is -0.356. The van der Waals surface area contributed by atoms with Gasteiger partial charge in [0.2, 0.25) is 11.8 Å². The predicted molar refractivity (Wildman–Crippen MR) is 58.9 cm³/mol.